The molecule has 0 bridgehead atoms. The summed E-state index contributed by atoms with van der Waals surface area (Å²) < 4.78 is 2.53. The zero-order chi connectivity index (χ0) is 18.6. The van der Waals surface area contributed by atoms with Crippen molar-refractivity contribution < 1.29 is 4.79 Å². The molecule has 0 aliphatic rings. The Morgan fingerprint density at radius 3 is 2.63 bits per heavy atom. The SMILES string of the molecule is O=C(Nc1ccccc1)c1cccc(Cn2nnn(-c3cccs3)c2=O)c1. The van der Waals surface area contributed by atoms with Crippen LogP contribution in [0.15, 0.2) is 76.9 Å². The monoisotopic (exact) mass is 377 g/mol. The number of aromatic nitrogens is 4. The molecule has 2 aromatic heterocycles. The first-order valence-corrected chi connectivity index (χ1v) is 9.11. The average molecular weight is 377 g/mol. The highest BCUT2D eigenvalue weighted by molar-refractivity contribution is 7.12. The molecule has 27 heavy (non-hydrogen) atoms. The van der Waals surface area contributed by atoms with E-state index in [4.69, 9.17) is 0 Å². The van der Waals surface area contributed by atoms with Crippen LogP contribution in [0.4, 0.5) is 5.69 Å². The first-order chi connectivity index (χ1) is 13.2. The fourth-order valence-electron chi connectivity index (χ4n) is 2.61. The Bertz CT molecular complexity index is 1120. The lowest BCUT2D eigenvalue weighted by Crippen LogP contribution is -2.24. The van der Waals surface area contributed by atoms with Gasteiger partial charge in [0.25, 0.3) is 5.91 Å². The quantitative estimate of drug-likeness (QED) is 0.580. The predicted molar refractivity (Wildman–Crippen MR) is 103 cm³/mol. The maximum Gasteiger partial charge on any atom is 0.369 e. The maximum absolute atomic E-state index is 12.5. The molecule has 1 N–H and O–H groups in total. The smallest absolute Gasteiger partial charge is 0.322 e. The molecule has 8 heteroatoms. The lowest BCUT2D eigenvalue weighted by atomic mass is 10.1. The fraction of sp³-hybridized carbons (Fsp3) is 0.0526. The van der Waals surface area contributed by atoms with E-state index in [0.717, 1.165) is 11.3 Å². The second-order valence-corrected chi connectivity index (χ2v) is 6.73. The number of hydrogen-bond donors (Lipinski definition) is 1. The Balaban J connectivity index is 1.53. The topological polar surface area (TPSA) is 81.8 Å². The van der Waals surface area contributed by atoms with Crippen LogP contribution in [0.25, 0.3) is 5.00 Å². The summed E-state index contributed by atoms with van der Waals surface area (Å²) in [6.07, 6.45) is 0. The summed E-state index contributed by atoms with van der Waals surface area (Å²) in [7, 11) is 0. The second-order valence-electron chi connectivity index (χ2n) is 5.80. The minimum Gasteiger partial charge on any atom is -0.322 e. The summed E-state index contributed by atoms with van der Waals surface area (Å²) in [5.74, 6) is -0.211. The van der Waals surface area contributed by atoms with Gasteiger partial charge in [-0.15, -0.1) is 11.3 Å². The van der Waals surface area contributed by atoms with Gasteiger partial charge in [-0.25, -0.2) is 4.79 Å². The van der Waals surface area contributed by atoms with Crippen molar-refractivity contribution in [1.29, 1.82) is 0 Å². The van der Waals surface area contributed by atoms with Gasteiger partial charge in [0.05, 0.1) is 6.54 Å². The van der Waals surface area contributed by atoms with Crippen molar-refractivity contribution in [3.63, 3.8) is 0 Å². The van der Waals surface area contributed by atoms with E-state index >= 15 is 0 Å². The number of carbonyl (C=O) groups excluding carboxylic acids is 1. The number of benzene rings is 2. The van der Waals surface area contributed by atoms with Crippen molar-refractivity contribution in [2.75, 3.05) is 5.32 Å². The number of nitrogens with one attached hydrogen (secondary N) is 1. The lowest BCUT2D eigenvalue weighted by Gasteiger charge is -2.06. The van der Waals surface area contributed by atoms with Crippen molar-refractivity contribution in [3.8, 4) is 5.00 Å². The first-order valence-electron chi connectivity index (χ1n) is 8.23. The molecule has 2 aromatic carbocycles. The van der Waals surface area contributed by atoms with Gasteiger partial charge in [0, 0.05) is 11.3 Å². The molecule has 4 rings (SSSR count). The molecule has 0 saturated carbocycles. The number of rotatable bonds is 5. The number of tetrazole rings is 1. The minimum atomic E-state index is -0.323. The summed E-state index contributed by atoms with van der Waals surface area (Å²) in [5.41, 5.74) is 1.70. The summed E-state index contributed by atoms with van der Waals surface area (Å²) in [6.45, 7) is 0.233. The van der Waals surface area contributed by atoms with Crippen LogP contribution in [-0.2, 0) is 6.54 Å². The van der Waals surface area contributed by atoms with Crippen molar-refractivity contribution >= 4 is 22.9 Å². The summed E-state index contributed by atoms with van der Waals surface area (Å²) >= 11 is 1.41. The molecule has 1 amide bonds. The minimum absolute atomic E-state index is 0.211. The van der Waals surface area contributed by atoms with Crippen molar-refractivity contribution in [3.05, 3.63) is 93.7 Å². The van der Waals surface area contributed by atoms with Crippen LogP contribution in [0.3, 0.4) is 0 Å². The molecule has 0 fully saturated rings. The van der Waals surface area contributed by atoms with E-state index in [1.54, 1.807) is 24.3 Å². The third-order valence-electron chi connectivity index (χ3n) is 3.91. The third-order valence-corrected chi connectivity index (χ3v) is 4.75. The summed E-state index contributed by atoms with van der Waals surface area (Å²) in [4.78, 5) is 24.9. The van der Waals surface area contributed by atoms with Gasteiger partial charge in [0.1, 0.15) is 5.00 Å². The Morgan fingerprint density at radius 2 is 1.85 bits per heavy atom. The molecule has 134 valence electrons. The number of thiophene rings is 1. The van der Waals surface area contributed by atoms with E-state index in [9.17, 15) is 9.59 Å². The van der Waals surface area contributed by atoms with E-state index in [1.807, 2.05) is 47.8 Å². The highest BCUT2D eigenvalue weighted by atomic mass is 32.1. The van der Waals surface area contributed by atoms with Crippen LogP contribution in [-0.4, -0.2) is 25.7 Å². The van der Waals surface area contributed by atoms with Crippen LogP contribution in [0.5, 0.6) is 0 Å². The summed E-state index contributed by atoms with van der Waals surface area (Å²) in [6, 6.07) is 20.0. The van der Waals surface area contributed by atoms with Crippen LogP contribution >= 0.6 is 11.3 Å². The van der Waals surface area contributed by atoms with Crippen LogP contribution < -0.4 is 11.0 Å². The molecular formula is C19H15N5O2S. The van der Waals surface area contributed by atoms with Crippen LogP contribution in [0.1, 0.15) is 15.9 Å². The van der Waals surface area contributed by atoms with E-state index in [1.165, 1.54) is 20.7 Å². The molecule has 0 unspecified atom stereocenters. The molecule has 0 aliphatic carbocycles. The number of carbonyl (C=O) groups is 1. The molecule has 0 saturated heterocycles. The zero-order valence-corrected chi connectivity index (χ0v) is 15.0. The number of anilines is 1. The highest BCUT2D eigenvalue weighted by Gasteiger charge is 2.11. The fourth-order valence-corrected chi connectivity index (χ4v) is 3.28. The lowest BCUT2D eigenvalue weighted by molar-refractivity contribution is 0.102. The van der Waals surface area contributed by atoms with E-state index in [0.29, 0.717) is 10.6 Å². The van der Waals surface area contributed by atoms with Gasteiger partial charge in [-0.1, -0.05) is 30.3 Å². The molecule has 2 heterocycles. The van der Waals surface area contributed by atoms with Gasteiger partial charge in [0.2, 0.25) is 0 Å². The molecule has 0 atom stereocenters. The van der Waals surface area contributed by atoms with Crippen molar-refractivity contribution in [2.45, 2.75) is 6.54 Å². The van der Waals surface area contributed by atoms with E-state index in [2.05, 4.69) is 15.7 Å². The Labute approximate surface area is 158 Å². The number of nitrogens with zero attached hydrogens (tertiary/aromatic N) is 4. The number of para-hydroxylation sites is 1. The first kappa shape index (κ1) is 16.9. The van der Waals surface area contributed by atoms with Gasteiger partial charge in [0.15, 0.2) is 0 Å². The molecule has 0 radical (unpaired) electrons. The molecule has 4 aromatic rings. The second kappa shape index (κ2) is 7.38. The average Bonchev–Trinajstić information content (AvgIpc) is 3.33. The van der Waals surface area contributed by atoms with Crippen molar-refractivity contribution in [1.82, 2.24) is 19.8 Å². The predicted octanol–water partition coefficient (Wildman–Crippen LogP) is 2.79. The van der Waals surface area contributed by atoms with Gasteiger partial charge >= 0.3 is 5.69 Å². The van der Waals surface area contributed by atoms with Gasteiger partial charge in [-0.2, -0.15) is 9.36 Å². The number of amides is 1. The van der Waals surface area contributed by atoms with Crippen LogP contribution in [0, 0.1) is 0 Å². The molecule has 0 aliphatic heterocycles. The standard InChI is InChI=1S/C19H15N5O2S/c25-18(20-16-8-2-1-3-9-16)15-7-4-6-14(12-15)13-23-19(26)24(22-21-23)17-10-5-11-27-17/h1-12H,13H2,(H,20,25). The van der Waals surface area contributed by atoms with E-state index in [-0.39, 0.29) is 18.1 Å². The Kier molecular flexibility index (Phi) is 4.63. The maximum atomic E-state index is 12.5. The van der Waals surface area contributed by atoms with Gasteiger partial charge in [-0.3, -0.25) is 4.79 Å². The molecule has 7 nitrogen and oxygen atoms in total. The van der Waals surface area contributed by atoms with Crippen molar-refractivity contribution in [2.24, 2.45) is 0 Å². The highest BCUT2D eigenvalue weighted by Crippen LogP contribution is 2.12. The zero-order valence-electron chi connectivity index (χ0n) is 14.1. The normalized spacial score (nSPS) is 10.7. The number of hydrogen-bond acceptors (Lipinski definition) is 5. The van der Waals surface area contributed by atoms with Gasteiger partial charge in [-0.05, 0) is 57.8 Å². The third kappa shape index (κ3) is 3.70. The van der Waals surface area contributed by atoms with Crippen LogP contribution in [0.2, 0.25) is 0 Å². The molecular weight excluding hydrogens is 362 g/mol. The van der Waals surface area contributed by atoms with E-state index < -0.39 is 0 Å². The van der Waals surface area contributed by atoms with Gasteiger partial charge < -0.3 is 5.32 Å². The molecule has 0 spiro atoms. The Hall–Kier alpha value is -3.52. The Morgan fingerprint density at radius 1 is 1.00 bits per heavy atom. The largest absolute Gasteiger partial charge is 0.369 e. The summed E-state index contributed by atoms with van der Waals surface area (Å²) in [5, 5.41) is 13.3.